The van der Waals surface area contributed by atoms with Crippen LogP contribution in [0.2, 0.25) is 10.0 Å². The van der Waals surface area contributed by atoms with Crippen LogP contribution in [-0.2, 0) is 4.74 Å². The first-order valence-corrected chi connectivity index (χ1v) is 9.83. The summed E-state index contributed by atoms with van der Waals surface area (Å²) in [5, 5.41) is 8.96. The Morgan fingerprint density at radius 3 is 2.21 bits per heavy atom. The summed E-state index contributed by atoms with van der Waals surface area (Å²) in [6, 6.07) is 3.09. The van der Waals surface area contributed by atoms with Crippen LogP contribution in [0.5, 0.6) is 11.5 Å². The number of ether oxygens (including phenoxy) is 3. The van der Waals surface area contributed by atoms with E-state index in [4.69, 9.17) is 72.2 Å². The van der Waals surface area contributed by atoms with Crippen LogP contribution in [0, 0.1) is 0 Å². The number of hydrogen-bond acceptors (Lipinski definition) is 4. The van der Waals surface area contributed by atoms with Crippen LogP contribution >= 0.6 is 58.0 Å². The monoisotopic (exact) mass is 498 g/mol. The van der Waals surface area contributed by atoms with Crippen molar-refractivity contribution in [2.24, 2.45) is 0 Å². The summed E-state index contributed by atoms with van der Waals surface area (Å²) in [5.74, 6) is 0.742. The first-order valence-electron chi connectivity index (χ1n) is 7.94. The van der Waals surface area contributed by atoms with Gasteiger partial charge in [-0.2, -0.15) is 8.78 Å². The van der Waals surface area contributed by atoms with Crippen LogP contribution in [-0.4, -0.2) is 37.6 Å². The van der Waals surface area contributed by atoms with Crippen LogP contribution in [0.4, 0.5) is 8.78 Å². The minimum Gasteiger partial charge on any atom is -0.490 e. The number of aliphatic hydroxyl groups excluding tert-OH is 1. The number of rotatable bonds is 12. The van der Waals surface area contributed by atoms with Crippen LogP contribution in [0.1, 0.15) is 12.8 Å². The zero-order valence-corrected chi connectivity index (χ0v) is 18.1. The Labute approximate surface area is 186 Å². The molecule has 0 aliphatic rings. The van der Waals surface area contributed by atoms with E-state index >= 15 is 0 Å². The summed E-state index contributed by atoms with van der Waals surface area (Å²) in [5.41, 5.74) is 0. The van der Waals surface area contributed by atoms with Crippen molar-refractivity contribution >= 4 is 58.0 Å². The molecule has 0 spiro atoms. The van der Waals surface area contributed by atoms with Gasteiger partial charge in [-0.15, -0.1) is 0 Å². The van der Waals surface area contributed by atoms with E-state index in [0.717, 1.165) is 0 Å². The molecule has 0 aliphatic carbocycles. The van der Waals surface area contributed by atoms with Gasteiger partial charge in [-0.1, -0.05) is 58.0 Å². The molecule has 0 saturated heterocycles. The highest BCUT2D eigenvalue weighted by molar-refractivity contribution is 6.55. The molecule has 11 heteroatoms. The number of unbranched alkanes of at least 4 members (excludes halogenated alkanes) is 1. The fourth-order valence-electron chi connectivity index (χ4n) is 1.83. The molecule has 1 aromatic rings. The van der Waals surface area contributed by atoms with Crippen molar-refractivity contribution in [2.45, 2.75) is 18.9 Å². The number of hydrogen-bond donors (Lipinski definition) is 1. The Morgan fingerprint density at radius 2 is 1.64 bits per heavy atom. The first-order chi connectivity index (χ1) is 13.2. The molecule has 158 valence electrons. The van der Waals surface area contributed by atoms with Gasteiger partial charge in [-0.25, -0.2) is 0 Å². The molecule has 0 bridgehead atoms. The molecule has 1 N–H and O–H groups in total. The van der Waals surface area contributed by atoms with Crippen molar-refractivity contribution in [2.75, 3.05) is 26.4 Å². The van der Waals surface area contributed by atoms with Gasteiger partial charge in [0.2, 0.25) is 0 Å². The molecule has 1 aromatic carbocycles. The highest BCUT2D eigenvalue weighted by atomic mass is 35.5. The lowest BCUT2D eigenvalue weighted by Crippen LogP contribution is -2.16. The van der Waals surface area contributed by atoms with Gasteiger partial charge in [0.15, 0.2) is 5.75 Å². The molecule has 0 amide bonds. The van der Waals surface area contributed by atoms with E-state index in [1.54, 1.807) is 12.1 Å². The quantitative estimate of drug-likeness (QED) is 0.330. The van der Waals surface area contributed by atoms with Crippen LogP contribution < -0.4 is 9.47 Å². The highest BCUT2D eigenvalue weighted by Gasteiger charge is 2.14. The average Bonchev–Trinajstić information content (AvgIpc) is 2.61. The summed E-state index contributed by atoms with van der Waals surface area (Å²) in [6.07, 6.45) is -1.06. The van der Waals surface area contributed by atoms with E-state index in [2.05, 4.69) is 0 Å². The van der Waals surface area contributed by atoms with E-state index in [-0.39, 0.29) is 34.4 Å². The lowest BCUT2D eigenvalue weighted by atomic mass is 10.3. The molecule has 0 radical (unpaired) electrons. The SMILES string of the molecule is OC(COCCCCOc1c(Cl)cc(OCC=C(Cl)Cl)cc1Cl)C(Cl)=C(F)F. The fraction of sp³-hybridized carbons (Fsp3) is 0.412. The molecular weight excluding hydrogens is 483 g/mol. The fourth-order valence-corrected chi connectivity index (χ4v) is 2.60. The van der Waals surface area contributed by atoms with Crippen LogP contribution in [0.15, 0.2) is 33.8 Å². The smallest absolute Gasteiger partial charge is 0.287 e. The van der Waals surface area contributed by atoms with Gasteiger partial charge in [0.25, 0.3) is 6.08 Å². The Balaban J connectivity index is 2.33. The van der Waals surface area contributed by atoms with Gasteiger partial charge < -0.3 is 19.3 Å². The van der Waals surface area contributed by atoms with Gasteiger partial charge in [-0.3, -0.25) is 0 Å². The third-order valence-electron chi connectivity index (χ3n) is 3.14. The molecule has 4 nitrogen and oxygen atoms in total. The van der Waals surface area contributed by atoms with Crippen LogP contribution in [0.25, 0.3) is 0 Å². The lowest BCUT2D eigenvalue weighted by molar-refractivity contribution is 0.0526. The molecule has 1 unspecified atom stereocenters. The number of benzene rings is 1. The predicted molar refractivity (Wildman–Crippen MR) is 108 cm³/mol. The Kier molecular flexibility index (Phi) is 12.5. The third-order valence-corrected chi connectivity index (χ3v) is 4.40. The third kappa shape index (κ3) is 9.83. The maximum absolute atomic E-state index is 12.2. The van der Waals surface area contributed by atoms with E-state index in [9.17, 15) is 13.9 Å². The second kappa shape index (κ2) is 13.7. The molecular formula is C17H17Cl5F2O4. The van der Waals surface area contributed by atoms with Crippen molar-refractivity contribution < 1.29 is 28.1 Å². The molecule has 0 saturated carbocycles. The molecule has 1 rings (SSSR count). The second-order valence-corrected chi connectivity index (χ2v) is 7.50. The number of halogens is 7. The molecule has 0 heterocycles. The van der Waals surface area contributed by atoms with Gasteiger partial charge in [0.05, 0.1) is 23.3 Å². The van der Waals surface area contributed by atoms with Crippen molar-refractivity contribution in [3.05, 3.63) is 43.9 Å². The standard InChI is InChI=1S/C17H17Cl5F2O4/c18-11-7-10(27-6-3-14(20)21)8-12(19)16(11)28-5-2-1-4-26-9-13(25)15(22)17(23)24/h3,7-8,13,25H,1-2,4-6,9H2. The van der Waals surface area contributed by atoms with Gasteiger partial charge in [0.1, 0.15) is 28.0 Å². The van der Waals surface area contributed by atoms with Crippen molar-refractivity contribution in [3.63, 3.8) is 0 Å². The largest absolute Gasteiger partial charge is 0.490 e. The van der Waals surface area contributed by atoms with Crippen LogP contribution in [0.3, 0.4) is 0 Å². The average molecular weight is 501 g/mol. The van der Waals surface area contributed by atoms with E-state index < -0.39 is 17.2 Å². The normalized spacial score (nSPS) is 11.7. The summed E-state index contributed by atoms with van der Waals surface area (Å²) in [6.45, 7) is 0.377. The maximum Gasteiger partial charge on any atom is 0.287 e. The minimum absolute atomic E-state index is 0.0878. The van der Waals surface area contributed by atoms with Gasteiger partial charge in [-0.05, 0) is 18.9 Å². The van der Waals surface area contributed by atoms with Gasteiger partial charge in [0, 0.05) is 18.7 Å². The topological polar surface area (TPSA) is 47.9 Å². The second-order valence-electron chi connectivity index (χ2n) is 5.28. The first kappa shape index (κ1) is 25.6. The number of aliphatic hydroxyl groups is 1. The van der Waals surface area contributed by atoms with Crippen molar-refractivity contribution in [1.29, 1.82) is 0 Å². The van der Waals surface area contributed by atoms with Crippen molar-refractivity contribution in [3.8, 4) is 11.5 Å². The van der Waals surface area contributed by atoms with E-state index in [0.29, 0.717) is 30.9 Å². The summed E-state index contributed by atoms with van der Waals surface area (Å²) >= 11 is 28.5. The van der Waals surface area contributed by atoms with E-state index in [1.807, 2.05) is 0 Å². The predicted octanol–water partition coefficient (Wildman–Crippen LogP) is 6.57. The minimum atomic E-state index is -2.13. The molecule has 0 aromatic heterocycles. The summed E-state index contributed by atoms with van der Waals surface area (Å²) in [7, 11) is 0. The van der Waals surface area contributed by atoms with Gasteiger partial charge >= 0.3 is 0 Å². The zero-order chi connectivity index (χ0) is 21.1. The molecule has 0 fully saturated rings. The summed E-state index contributed by atoms with van der Waals surface area (Å²) in [4.78, 5) is 0. The zero-order valence-electron chi connectivity index (χ0n) is 14.4. The Hall–Kier alpha value is -0.470. The van der Waals surface area contributed by atoms with Crippen molar-refractivity contribution in [1.82, 2.24) is 0 Å². The molecule has 0 aliphatic heterocycles. The lowest BCUT2D eigenvalue weighted by Gasteiger charge is -2.13. The summed E-state index contributed by atoms with van der Waals surface area (Å²) < 4.78 is 40.5. The molecule has 28 heavy (non-hydrogen) atoms. The molecule has 1 atom stereocenters. The Morgan fingerprint density at radius 1 is 1.04 bits per heavy atom. The highest BCUT2D eigenvalue weighted by Crippen LogP contribution is 2.37. The van der Waals surface area contributed by atoms with E-state index in [1.165, 1.54) is 6.08 Å². The Bertz CT molecular complexity index is 669. The maximum atomic E-state index is 12.2.